The lowest BCUT2D eigenvalue weighted by molar-refractivity contribution is 0.185. The van der Waals surface area contributed by atoms with Crippen LogP contribution in [0.4, 0.5) is 5.82 Å². The molecule has 2 aromatic heterocycles. The molecule has 0 unspecified atom stereocenters. The van der Waals surface area contributed by atoms with Crippen LogP contribution in [0.15, 0.2) is 18.6 Å². The quantitative estimate of drug-likeness (QED) is 0.847. The smallest absolute Gasteiger partial charge is 0.150 e. The zero-order valence-electron chi connectivity index (χ0n) is 14.2. The number of aryl methyl sites for hydroxylation is 2. The molecule has 3 rings (SSSR count). The minimum atomic E-state index is 0.428. The highest BCUT2D eigenvalue weighted by atomic mass is 16.5. The average molecular weight is 315 g/mol. The maximum absolute atomic E-state index is 5.20. The van der Waals surface area contributed by atoms with Gasteiger partial charge in [0.2, 0.25) is 0 Å². The molecular formula is C17H25N5O. The van der Waals surface area contributed by atoms with E-state index in [9.17, 15) is 0 Å². The molecule has 0 aliphatic carbocycles. The average Bonchev–Trinajstić information content (AvgIpc) is 3.04. The van der Waals surface area contributed by atoms with Crippen LogP contribution in [-0.4, -0.2) is 46.3 Å². The van der Waals surface area contributed by atoms with Gasteiger partial charge in [0.05, 0.1) is 18.0 Å². The first-order chi connectivity index (χ1) is 11.2. The second-order valence-electron chi connectivity index (χ2n) is 6.18. The molecular weight excluding hydrogens is 290 g/mol. The number of hydrogen-bond acceptors (Lipinski definition) is 5. The summed E-state index contributed by atoms with van der Waals surface area (Å²) in [5.74, 6) is 2.60. The van der Waals surface area contributed by atoms with E-state index in [1.165, 1.54) is 6.42 Å². The first-order valence-corrected chi connectivity index (χ1v) is 8.24. The highest BCUT2D eigenvalue weighted by Crippen LogP contribution is 2.29. The lowest BCUT2D eigenvalue weighted by Crippen LogP contribution is -2.36. The Morgan fingerprint density at radius 1 is 1.30 bits per heavy atom. The van der Waals surface area contributed by atoms with Crippen LogP contribution in [0.1, 0.15) is 36.0 Å². The molecule has 6 heteroatoms. The molecule has 1 atom stereocenters. The van der Waals surface area contributed by atoms with Gasteiger partial charge in [0.1, 0.15) is 11.6 Å². The zero-order valence-corrected chi connectivity index (χ0v) is 14.2. The fourth-order valence-corrected chi connectivity index (χ4v) is 3.26. The van der Waals surface area contributed by atoms with Crippen molar-refractivity contribution < 1.29 is 4.74 Å². The SMILES string of the molecule is COCCn1ccnc1[C@H]1CCCN(c2nc(C)cnc2C)C1. The molecule has 2 aromatic rings. The van der Waals surface area contributed by atoms with E-state index in [0.29, 0.717) is 12.5 Å². The van der Waals surface area contributed by atoms with E-state index >= 15 is 0 Å². The summed E-state index contributed by atoms with van der Waals surface area (Å²) in [6.07, 6.45) is 8.08. The molecule has 0 aromatic carbocycles. The van der Waals surface area contributed by atoms with Gasteiger partial charge in [-0.05, 0) is 26.7 Å². The van der Waals surface area contributed by atoms with Gasteiger partial charge in [-0.2, -0.15) is 0 Å². The molecule has 1 aliphatic heterocycles. The van der Waals surface area contributed by atoms with Crippen LogP contribution in [0.3, 0.4) is 0 Å². The van der Waals surface area contributed by atoms with E-state index in [4.69, 9.17) is 9.72 Å². The van der Waals surface area contributed by atoms with Gasteiger partial charge in [-0.15, -0.1) is 0 Å². The van der Waals surface area contributed by atoms with Crippen molar-refractivity contribution in [2.45, 2.75) is 39.2 Å². The Bertz CT molecular complexity index is 654. The minimum Gasteiger partial charge on any atom is -0.383 e. The number of aromatic nitrogens is 4. The molecule has 1 saturated heterocycles. The van der Waals surface area contributed by atoms with Gasteiger partial charge in [0.25, 0.3) is 0 Å². The van der Waals surface area contributed by atoms with Gasteiger partial charge in [0, 0.05) is 51.3 Å². The second kappa shape index (κ2) is 7.08. The largest absolute Gasteiger partial charge is 0.383 e. The van der Waals surface area contributed by atoms with Crippen molar-refractivity contribution in [1.29, 1.82) is 0 Å². The number of anilines is 1. The molecule has 0 bridgehead atoms. The second-order valence-corrected chi connectivity index (χ2v) is 6.18. The van der Waals surface area contributed by atoms with E-state index in [0.717, 1.165) is 49.1 Å². The maximum atomic E-state index is 5.20. The molecule has 1 aliphatic rings. The first kappa shape index (κ1) is 15.9. The normalized spacial score (nSPS) is 18.4. The van der Waals surface area contributed by atoms with Crippen molar-refractivity contribution in [1.82, 2.24) is 19.5 Å². The number of rotatable bonds is 5. The summed E-state index contributed by atoms with van der Waals surface area (Å²) in [6, 6.07) is 0. The third-order valence-corrected chi connectivity index (χ3v) is 4.42. The predicted molar refractivity (Wildman–Crippen MR) is 89.8 cm³/mol. The Labute approximate surface area is 137 Å². The highest BCUT2D eigenvalue weighted by molar-refractivity contribution is 5.44. The maximum Gasteiger partial charge on any atom is 0.150 e. The van der Waals surface area contributed by atoms with E-state index < -0.39 is 0 Å². The van der Waals surface area contributed by atoms with Crippen LogP contribution in [0.25, 0.3) is 0 Å². The van der Waals surface area contributed by atoms with Crippen LogP contribution in [0, 0.1) is 13.8 Å². The fourth-order valence-electron chi connectivity index (χ4n) is 3.26. The molecule has 0 N–H and O–H groups in total. The van der Waals surface area contributed by atoms with Gasteiger partial charge in [-0.1, -0.05) is 0 Å². The van der Waals surface area contributed by atoms with Gasteiger partial charge in [-0.3, -0.25) is 4.98 Å². The van der Waals surface area contributed by atoms with Crippen molar-refractivity contribution in [3.8, 4) is 0 Å². The van der Waals surface area contributed by atoms with Crippen LogP contribution in [-0.2, 0) is 11.3 Å². The fraction of sp³-hybridized carbons (Fsp3) is 0.588. The summed E-state index contributed by atoms with van der Waals surface area (Å²) in [5.41, 5.74) is 1.97. The van der Waals surface area contributed by atoms with Gasteiger partial charge in [-0.25, -0.2) is 9.97 Å². The molecule has 0 amide bonds. The molecule has 0 radical (unpaired) electrons. The molecule has 6 nitrogen and oxygen atoms in total. The lowest BCUT2D eigenvalue weighted by atomic mass is 9.97. The number of piperidine rings is 1. The highest BCUT2D eigenvalue weighted by Gasteiger charge is 2.26. The Morgan fingerprint density at radius 2 is 2.17 bits per heavy atom. The number of methoxy groups -OCH3 is 1. The summed E-state index contributed by atoms with van der Waals surface area (Å²) in [7, 11) is 1.73. The summed E-state index contributed by atoms with van der Waals surface area (Å²) < 4.78 is 7.41. The molecule has 3 heterocycles. The first-order valence-electron chi connectivity index (χ1n) is 8.24. The van der Waals surface area contributed by atoms with E-state index in [1.807, 2.05) is 32.4 Å². The van der Waals surface area contributed by atoms with Gasteiger partial charge < -0.3 is 14.2 Å². The van der Waals surface area contributed by atoms with Crippen molar-refractivity contribution in [3.63, 3.8) is 0 Å². The van der Waals surface area contributed by atoms with Crippen LogP contribution >= 0.6 is 0 Å². The van der Waals surface area contributed by atoms with E-state index in [-0.39, 0.29) is 0 Å². The number of nitrogens with zero attached hydrogens (tertiary/aromatic N) is 5. The van der Waals surface area contributed by atoms with Crippen LogP contribution < -0.4 is 4.90 Å². The van der Waals surface area contributed by atoms with Crippen molar-refractivity contribution in [2.75, 3.05) is 31.7 Å². The van der Waals surface area contributed by atoms with Crippen LogP contribution in [0.5, 0.6) is 0 Å². The third-order valence-electron chi connectivity index (χ3n) is 4.42. The Morgan fingerprint density at radius 3 is 3.00 bits per heavy atom. The number of ether oxygens (including phenoxy) is 1. The summed E-state index contributed by atoms with van der Waals surface area (Å²) in [4.78, 5) is 16.1. The molecule has 1 fully saturated rings. The number of hydrogen-bond donors (Lipinski definition) is 0. The third kappa shape index (κ3) is 3.52. The van der Waals surface area contributed by atoms with Crippen molar-refractivity contribution in [3.05, 3.63) is 35.8 Å². The topological polar surface area (TPSA) is 56.1 Å². The summed E-state index contributed by atoms with van der Waals surface area (Å²) in [5, 5.41) is 0. The number of imidazole rings is 1. The van der Waals surface area contributed by atoms with Crippen molar-refractivity contribution in [2.24, 2.45) is 0 Å². The Hall–Kier alpha value is -1.95. The Balaban J connectivity index is 1.78. The minimum absolute atomic E-state index is 0.428. The molecule has 0 spiro atoms. The van der Waals surface area contributed by atoms with E-state index in [2.05, 4.69) is 19.4 Å². The standard InChI is InChI=1S/C17H25N5O/c1-13-11-19-14(2)16(20-13)22-7-4-5-15(12-22)17-18-6-8-21(17)9-10-23-3/h6,8,11,15H,4-5,7,9-10,12H2,1-3H3/t15-/m0/s1. The van der Waals surface area contributed by atoms with E-state index in [1.54, 1.807) is 7.11 Å². The predicted octanol–water partition coefficient (Wildman–Crippen LogP) is 2.32. The monoisotopic (exact) mass is 315 g/mol. The lowest BCUT2D eigenvalue weighted by Gasteiger charge is -2.34. The van der Waals surface area contributed by atoms with Crippen molar-refractivity contribution >= 4 is 5.82 Å². The Kier molecular flexibility index (Phi) is 4.91. The summed E-state index contributed by atoms with van der Waals surface area (Å²) >= 11 is 0. The summed E-state index contributed by atoms with van der Waals surface area (Å²) in [6.45, 7) is 7.57. The van der Waals surface area contributed by atoms with Gasteiger partial charge in [0.15, 0.2) is 0 Å². The molecule has 23 heavy (non-hydrogen) atoms. The van der Waals surface area contributed by atoms with Gasteiger partial charge >= 0.3 is 0 Å². The zero-order chi connectivity index (χ0) is 16.2. The molecule has 124 valence electrons. The van der Waals surface area contributed by atoms with Crippen LogP contribution in [0.2, 0.25) is 0 Å². The molecule has 0 saturated carbocycles.